The molecule has 0 aliphatic carbocycles. The van der Waals surface area contributed by atoms with E-state index in [0.29, 0.717) is 5.69 Å². The van der Waals surface area contributed by atoms with Crippen molar-refractivity contribution in [2.75, 3.05) is 0 Å². The number of aromatic nitrogens is 1. The molecule has 0 saturated heterocycles. The maximum atomic E-state index is 11.5. The molecule has 0 aromatic carbocycles. The molecular formula is C13H18N2O4. The smallest absolute Gasteiger partial charge is 0.408 e. The van der Waals surface area contributed by atoms with Crippen LogP contribution in [0.5, 0.6) is 0 Å². The lowest BCUT2D eigenvalue weighted by atomic mass is 10.1. The summed E-state index contributed by atoms with van der Waals surface area (Å²) in [5.74, 6) is -1.13. The van der Waals surface area contributed by atoms with Gasteiger partial charge in [0.1, 0.15) is 11.6 Å². The predicted molar refractivity (Wildman–Crippen MR) is 68.7 cm³/mol. The van der Waals surface area contributed by atoms with E-state index in [-0.39, 0.29) is 6.42 Å². The van der Waals surface area contributed by atoms with Crippen LogP contribution in [-0.4, -0.2) is 33.8 Å². The van der Waals surface area contributed by atoms with E-state index in [4.69, 9.17) is 9.84 Å². The first-order chi connectivity index (χ1) is 8.78. The molecule has 6 heteroatoms. The topological polar surface area (TPSA) is 88.5 Å². The van der Waals surface area contributed by atoms with Gasteiger partial charge in [0.2, 0.25) is 0 Å². The predicted octanol–water partition coefficient (Wildman–Crippen LogP) is 1.60. The Labute approximate surface area is 111 Å². The Hall–Kier alpha value is -2.11. The highest BCUT2D eigenvalue weighted by atomic mass is 16.6. The number of aliphatic carboxylic acids is 1. The summed E-state index contributed by atoms with van der Waals surface area (Å²) in [7, 11) is 0. The summed E-state index contributed by atoms with van der Waals surface area (Å²) in [5, 5.41) is 11.4. The van der Waals surface area contributed by atoms with Gasteiger partial charge >= 0.3 is 12.1 Å². The van der Waals surface area contributed by atoms with E-state index in [2.05, 4.69) is 10.3 Å². The molecule has 0 saturated carbocycles. The maximum absolute atomic E-state index is 11.5. The third-order valence-electron chi connectivity index (χ3n) is 2.13. The number of carboxylic acids is 1. The Bertz CT molecular complexity index is 440. The molecule has 1 aromatic rings. The summed E-state index contributed by atoms with van der Waals surface area (Å²) in [5.41, 5.74) is -0.0797. The molecule has 1 amide bonds. The van der Waals surface area contributed by atoms with Gasteiger partial charge in [-0.05, 0) is 32.9 Å². The third kappa shape index (κ3) is 5.85. The Morgan fingerprint density at radius 2 is 2.11 bits per heavy atom. The molecule has 104 valence electrons. The Morgan fingerprint density at radius 1 is 1.42 bits per heavy atom. The fraction of sp³-hybridized carbons (Fsp3) is 0.462. The number of alkyl carbamates (subject to hydrolysis) is 1. The van der Waals surface area contributed by atoms with Crippen LogP contribution in [-0.2, 0) is 16.0 Å². The SMILES string of the molecule is CC(C)(C)OC(=O)N[C@H](Cc1ccccn1)C(=O)O. The Balaban J connectivity index is 2.64. The number of hydrogen-bond acceptors (Lipinski definition) is 4. The van der Waals surface area contributed by atoms with Gasteiger partial charge in [-0.1, -0.05) is 6.07 Å². The highest BCUT2D eigenvalue weighted by Crippen LogP contribution is 2.07. The van der Waals surface area contributed by atoms with Crippen LogP contribution in [0.4, 0.5) is 4.79 Å². The van der Waals surface area contributed by atoms with Crippen molar-refractivity contribution in [2.24, 2.45) is 0 Å². The van der Waals surface area contributed by atoms with E-state index in [1.165, 1.54) is 0 Å². The standard InChI is InChI=1S/C13H18N2O4/c1-13(2,3)19-12(18)15-10(11(16)17)8-9-6-4-5-7-14-9/h4-7,10H,8H2,1-3H3,(H,15,18)(H,16,17)/t10-/m1/s1. The number of carbonyl (C=O) groups is 2. The lowest BCUT2D eigenvalue weighted by Crippen LogP contribution is -2.44. The summed E-state index contributed by atoms with van der Waals surface area (Å²) >= 11 is 0. The zero-order valence-corrected chi connectivity index (χ0v) is 11.2. The normalized spacial score (nSPS) is 12.6. The minimum absolute atomic E-state index is 0.107. The van der Waals surface area contributed by atoms with E-state index < -0.39 is 23.7 Å². The van der Waals surface area contributed by atoms with E-state index in [9.17, 15) is 9.59 Å². The summed E-state index contributed by atoms with van der Waals surface area (Å²) in [6.45, 7) is 5.13. The van der Waals surface area contributed by atoms with Crippen molar-refractivity contribution in [1.29, 1.82) is 0 Å². The number of rotatable bonds is 4. The van der Waals surface area contributed by atoms with Crippen molar-refractivity contribution in [3.63, 3.8) is 0 Å². The summed E-state index contributed by atoms with van der Waals surface area (Å²) in [4.78, 5) is 26.7. The molecule has 19 heavy (non-hydrogen) atoms. The quantitative estimate of drug-likeness (QED) is 0.864. The van der Waals surface area contributed by atoms with Gasteiger partial charge in [-0.25, -0.2) is 9.59 Å². The minimum Gasteiger partial charge on any atom is -0.480 e. The van der Waals surface area contributed by atoms with E-state index in [1.54, 1.807) is 45.2 Å². The fourth-order valence-electron chi connectivity index (χ4n) is 1.38. The molecule has 0 aliphatic heterocycles. The molecule has 0 fully saturated rings. The second kappa shape index (κ2) is 6.17. The van der Waals surface area contributed by atoms with Crippen LogP contribution >= 0.6 is 0 Å². The molecule has 1 rings (SSSR count). The fourth-order valence-corrected chi connectivity index (χ4v) is 1.38. The molecular weight excluding hydrogens is 248 g/mol. The number of pyridine rings is 1. The van der Waals surface area contributed by atoms with Crippen LogP contribution in [0.15, 0.2) is 24.4 Å². The van der Waals surface area contributed by atoms with Crippen molar-refractivity contribution in [1.82, 2.24) is 10.3 Å². The lowest BCUT2D eigenvalue weighted by molar-refractivity contribution is -0.139. The van der Waals surface area contributed by atoms with Crippen molar-refractivity contribution >= 4 is 12.1 Å². The highest BCUT2D eigenvalue weighted by molar-refractivity contribution is 5.80. The third-order valence-corrected chi connectivity index (χ3v) is 2.13. The van der Waals surface area contributed by atoms with Gasteiger partial charge in [-0.2, -0.15) is 0 Å². The van der Waals surface area contributed by atoms with Gasteiger partial charge in [0.25, 0.3) is 0 Å². The minimum atomic E-state index is -1.13. The molecule has 0 spiro atoms. The van der Waals surface area contributed by atoms with Gasteiger partial charge in [0.05, 0.1) is 0 Å². The molecule has 1 heterocycles. The average Bonchev–Trinajstić information content (AvgIpc) is 2.26. The van der Waals surface area contributed by atoms with Gasteiger partial charge in [0, 0.05) is 18.3 Å². The summed E-state index contributed by atoms with van der Waals surface area (Å²) in [6, 6.07) is 4.13. The maximum Gasteiger partial charge on any atom is 0.408 e. The largest absolute Gasteiger partial charge is 0.480 e. The van der Waals surface area contributed by atoms with Crippen LogP contribution in [0.2, 0.25) is 0 Å². The molecule has 2 N–H and O–H groups in total. The number of carboxylic acid groups (broad SMARTS) is 1. The number of nitrogens with zero attached hydrogens (tertiary/aromatic N) is 1. The lowest BCUT2D eigenvalue weighted by Gasteiger charge is -2.21. The number of hydrogen-bond donors (Lipinski definition) is 2. The number of ether oxygens (including phenoxy) is 1. The van der Waals surface area contributed by atoms with Crippen molar-refractivity contribution < 1.29 is 19.4 Å². The van der Waals surface area contributed by atoms with Crippen LogP contribution < -0.4 is 5.32 Å². The van der Waals surface area contributed by atoms with Crippen LogP contribution in [0.25, 0.3) is 0 Å². The van der Waals surface area contributed by atoms with Gasteiger partial charge in [0.15, 0.2) is 0 Å². The molecule has 0 aliphatic rings. The van der Waals surface area contributed by atoms with E-state index in [1.807, 2.05) is 0 Å². The first-order valence-corrected chi connectivity index (χ1v) is 5.90. The first kappa shape index (κ1) is 14.9. The molecule has 0 unspecified atom stereocenters. The molecule has 0 radical (unpaired) electrons. The Morgan fingerprint density at radius 3 is 2.58 bits per heavy atom. The summed E-state index contributed by atoms with van der Waals surface area (Å²) < 4.78 is 5.02. The molecule has 6 nitrogen and oxygen atoms in total. The second-order valence-electron chi connectivity index (χ2n) is 5.06. The molecule has 1 aromatic heterocycles. The number of amides is 1. The van der Waals surface area contributed by atoms with Gasteiger partial charge in [-0.3, -0.25) is 4.98 Å². The van der Waals surface area contributed by atoms with Crippen LogP contribution in [0.1, 0.15) is 26.5 Å². The first-order valence-electron chi connectivity index (χ1n) is 5.90. The van der Waals surface area contributed by atoms with Gasteiger partial charge < -0.3 is 15.2 Å². The monoisotopic (exact) mass is 266 g/mol. The van der Waals surface area contributed by atoms with Crippen LogP contribution in [0.3, 0.4) is 0 Å². The van der Waals surface area contributed by atoms with Crippen molar-refractivity contribution in [3.05, 3.63) is 30.1 Å². The summed E-state index contributed by atoms with van der Waals surface area (Å²) in [6.07, 6.45) is 0.924. The molecule has 1 atom stereocenters. The van der Waals surface area contributed by atoms with Crippen molar-refractivity contribution in [3.8, 4) is 0 Å². The molecule has 0 bridgehead atoms. The average molecular weight is 266 g/mol. The highest BCUT2D eigenvalue weighted by Gasteiger charge is 2.24. The Kier molecular flexibility index (Phi) is 4.86. The van der Waals surface area contributed by atoms with Gasteiger partial charge in [-0.15, -0.1) is 0 Å². The second-order valence-corrected chi connectivity index (χ2v) is 5.06. The van der Waals surface area contributed by atoms with Crippen molar-refractivity contribution in [2.45, 2.75) is 38.8 Å². The number of carbonyl (C=O) groups excluding carboxylic acids is 1. The zero-order valence-electron chi connectivity index (χ0n) is 11.2. The van der Waals surface area contributed by atoms with E-state index in [0.717, 1.165) is 0 Å². The zero-order chi connectivity index (χ0) is 14.5. The van der Waals surface area contributed by atoms with E-state index >= 15 is 0 Å². The van der Waals surface area contributed by atoms with Crippen LogP contribution in [0, 0.1) is 0 Å². The number of nitrogens with one attached hydrogen (secondary N) is 1.